The molecule has 0 saturated heterocycles. The van der Waals surface area contributed by atoms with Crippen molar-refractivity contribution in [2.24, 2.45) is 0 Å². The summed E-state index contributed by atoms with van der Waals surface area (Å²) in [5, 5.41) is 5.11. The minimum Gasteiger partial charge on any atom is -0.310 e. The second-order valence-electron chi connectivity index (χ2n) is 18.3. The SMILES string of the molecule is c1ccc(-c2cccc(C3(c4ccccc4N(c4ccc5sc6cccc(-c7ccccc7)c6c5c4)c4ccc5sc6cccc(-c7ccccc7)c6c5c4)c4ccccc4-c4ccccc43)c2)cc1. The lowest BCUT2D eigenvalue weighted by Crippen LogP contribution is -2.30. The van der Waals surface area contributed by atoms with Crippen LogP contribution in [0.3, 0.4) is 0 Å². The van der Waals surface area contributed by atoms with Crippen molar-refractivity contribution in [1.82, 2.24) is 0 Å². The van der Waals surface area contributed by atoms with Gasteiger partial charge >= 0.3 is 0 Å². The van der Waals surface area contributed by atoms with Gasteiger partial charge in [0.05, 0.1) is 11.1 Å². The van der Waals surface area contributed by atoms with Crippen molar-refractivity contribution in [3.63, 3.8) is 0 Å². The summed E-state index contributed by atoms with van der Waals surface area (Å²) in [5.41, 5.74) is 17.6. The van der Waals surface area contributed by atoms with Crippen molar-refractivity contribution in [3.05, 3.63) is 283 Å². The van der Waals surface area contributed by atoms with E-state index in [1.54, 1.807) is 0 Å². The first kappa shape index (κ1) is 40.7. The number of hydrogen-bond donors (Lipinski definition) is 0. The van der Waals surface area contributed by atoms with Gasteiger partial charge in [0, 0.05) is 51.7 Å². The molecule has 13 aromatic rings. The lowest BCUT2D eigenvalue weighted by molar-refractivity contribution is 0.768. The zero-order chi connectivity index (χ0) is 46.2. The maximum atomic E-state index is 2.56. The molecule has 0 spiro atoms. The molecule has 3 heteroatoms. The molecule has 328 valence electrons. The molecule has 70 heavy (non-hydrogen) atoms. The Morgan fingerprint density at radius 3 is 1.26 bits per heavy atom. The number of hydrogen-bond acceptors (Lipinski definition) is 3. The van der Waals surface area contributed by atoms with Crippen LogP contribution < -0.4 is 4.90 Å². The summed E-state index contributed by atoms with van der Waals surface area (Å²) in [6.07, 6.45) is 0. The summed E-state index contributed by atoms with van der Waals surface area (Å²) in [6, 6.07) is 97.1. The maximum absolute atomic E-state index is 2.56. The van der Waals surface area contributed by atoms with Gasteiger partial charge in [0.2, 0.25) is 0 Å². The quantitative estimate of drug-likeness (QED) is 0.147. The Hall–Kier alpha value is -8.34. The van der Waals surface area contributed by atoms with Crippen molar-refractivity contribution in [3.8, 4) is 44.5 Å². The van der Waals surface area contributed by atoms with Crippen LogP contribution in [0.15, 0.2) is 261 Å². The topological polar surface area (TPSA) is 3.24 Å². The highest BCUT2D eigenvalue weighted by Gasteiger charge is 2.48. The van der Waals surface area contributed by atoms with Crippen molar-refractivity contribution < 1.29 is 0 Å². The Kier molecular flexibility index (Phi) is 9.55. The fourth-order valence-electron chi connectivity index (χ4n) is 11.6. The number of thiophene rings is 2. The smallest absolute Gasteiger partial charge is 0.0734 e. The zero-order valence-electron chi connectivity index (χ0n) is 38.1. The molecule has 0 saturated carbocycles. The van der Waals surface area contributed by atoms with Gasteiger partial charge in [0.15, 0.2) is 0 Å². The molecule has 0 fully saturated rings. The summed E-state index contributed by atoms with van der Waals surface area (Å²) in [5.74, 6) is 0. The van der Waals surface area contributed by atoms with E-state index in [9.17, 15) is 0 Å². The Labute approximate surface area is 415 Å². The number of rotatable bonds is 8. The first-order chi connectivity index (χ1) is 34.7. The van der Waals surface area contributed by atoms with Crippen LogP contribution in [0.5, 0.6) is 0 Å². The molecule has 0 atom stereocenters. The number of anilines is 3. The Morgan fingerprint density at radius 1 is 0.286 bits per heavy atom. The van der Waals surface area contributed by atoms with E-state index < -0.39 is 5.41 Å². The Morgan fingerprint density at radius 2 is 0.714 bits per heavy atom. The van der Waals surface area contributed by atoms with Gasteiger partial charge in [0.1, 0.15) is 0 Å². The molecule has 0 aliphatic heterocycles. The highest BCUT2D eigenvalue weighted by Crippen LogP contribution is 2.59. The molecule has 14 rings (SSSR count). The summed E-state index contributed by atoms with van der Waals surface area (Å²) < 4.78 is 5.12. The molecule has 0 N–H and O–H groups in total. The van der Waals surface area contributed by atoms with Gasteiger partial charge in [0.25, 0.3) is 0 Å². The van der Waals surface area contributed by atoms with Gasteiger partial charge < -0.3 is 4.90 Å². The number of para-hydroxylation sites is 1. The second kappa shape index (κ2) is 16.4. The normalized spacial score (nSPS) is 12.7. The summed E-state index contributed by atoms with van der Waals surface area (Å²) in [6.45, 7) is 0. The van der Waals surface area contributed by atoms with Gasteiger partial charge in [-0.25, -0.2) is 0 Å². The highest BCUT2D eigenvalue weighted by atomic mass is 32.1. The van der Waals surface area contributed by atoms with Crippen molar-refractivity contribution in [2.45, 2.75) is 5.41 Å². The fraction of sp³-hybridized carbons (Fsp3) is 0.0149. The third-order valence-corrected chi connectivity index (χ3v) is 16.8. The first-order valence-electron chi connectivity index (χ1n) is 24.0. The minimum absolute atomic E-state index is 0.674. The van der Waals surface area contributed by atoms with E-state index >= 15 is 0 Å². The van der Waals surface area contributed by atoms with Crippen LogP contribution in [0, 0.1) is 0 Å². The van der Waals surface area contributed by atoms with Gasteiger partial charge in [-0.3, -0.25) is 0 Å². The molecule has 0 radical (unpaired) electrons. The molecule has 1 aliphatic carbocycles. The van der Waals surface area contributed by atoms with E-state index in [0.717, 1.165) is 17.1 Å². The lowest BCUT2D eigenvalue weighted by atomic mass is 9.66. The zero-order valence-corrected chi connectivity index (χ0v) is 39.7. The van der Waals surface area contributed by atoms with E-state index in [2.05, 4.69) is 266 Å². The molecule has 0 amide bonds. The van der Waals surface area contributed by atoms with Crippen LogP contribution in [0.4, 0.5) is 17.1 Å². The molecule has 0 bridgehead atoms. The van der Waals surface area contributed by atoms with Crippen LogP contribution in [0.25, 0.3) is 84.9 Å². The van der Waals surface area contributed by atoms with Gasteiger partial charge in [-0.2, -0.15) is 0 Å². The van der Waals surface area contributed by atoms with Crippen LogP contribution in [0.1, 0.15) is 22.3 Å². The maximum Gasteiger partial charge on any atom is 0.0734 e. The molecule has 1 nitrogen and oxygen atoms in total. The Bertz CT molecular complexity index is 3930. The standard InChI is InChI=1S/C67H43NS2/c1-4-19-44(20-5-1)47-25-16-26-48(41-47)67(57-31-12-10-27-53(57)54-28-11-13-32-58(54)67)59-33-14-15-34-60(59)68(49-37-39-61-55(42-49)65-51(29-17-35-63(65)69-61)45-21-6-2-7-22-45)50-38-40-62-56(43-50)66-52(30-18-36-64(66)70-62)46-23-8-3-9-24-46/h1-43H. The van der Waals surface area contributed by atoms with E-state index in [1.807, 2.05) is 22.7 Å². The lowest BCUT2D eigenvalue weighted by Gasteiger charge is -2.38. The molecular weight excluding hydrogens is 883 g/mol. The van der Waals surface area contributed by atoms with E-state index in [4.69, 9.17) is 0 Å². The first-order valence-corrected chi connectivity index (χ1v) is 25.6. The molecule has 0 unspecified atom stereocenters. The number of nitrogens with zero attached hydrogens (tertiary/aromatic N) is 1. The molecule has 11 aromatic carbocycles. The molecular formula is C67H43NS2. The van der Waals surface area contributed by atoms with E-state index in [1.165, 1.54) is 107 Å². The molecule has 2 aromatic heterocycles. The third kappa shape index (κ3) is 6.29. The number of benzene rings is 11. The summed E-state index contributed by atoms with van der Waals surface area (Å²) in [7, 11) is 0. The van der Waals surface area contributed by atoms with Gasteiger partial charge in [-0.05, 0) is 127 Å². The fourth-order valence-corrected chi connectivity index (χ4v) is 13.8. The van der Waals surface area contributed by atoms with Gasteiger partial charge in [-0.1, -0.05) is 200 Å². The van der Waals surface area contributed by atoms with Crippen LogP contribution in [-0.4, -0.2) is 0 Å². The van der Waals surface area contributed by atoms with Crippen LogP contribution >= 0.6 is 22.7 Å². The van der Waals surface area contributed by atoms with Crippen LogP contribution in [-0.2, 0) is 5.41 Å². The largest absolute Gasteiger partial charge is 0.310 e. The van der Waals surface area contributed by atoms with E-state index in [-0.39, 0.29) is 0 Å². The average Bonchev–Trinajstić information content (AvgIpc) is 4.10. The van der Waals surface area contributed by atoms with Crippen LogP contribution in [0.2, 0.25) is 0 Å². The minimum atomic E-state index is -0.674. The molecule has 2 heterocycles. The second-order valence-corrected chi connectivity index (χ2v) is 20.5. The summed E-state index contributed by atoms with van der Waals surface area (Å²) in [4.78, 5) is 2.56. The van der Waals surface area contributed by atoms with Crippen molar-refractivity contribution in [2.75, 3.05) is 4.90 Å². The predicted octanol–water partition coefficient (Wildman–Crippen LogP) is 19.3. The summed E-state index contributed by atoms with van der Waals surface area (Å²) >= 11 is 3.75. The highest BCUT2D eigenvalue weighted by molar-refractivity contribution is 7.26. The molecule has 1 aliphatic rings. The third-order valence-electron chi connectivity index (χ3n) is 14.5. The predicted molar refractivity (Wildman–Crippen MR) is 301 cm³/mol. The van der Waals surface area contributed by atoms with Crippen molar-refractivity contribution >= 4 is 80.1 Å². The van der Waals surface area contributed by atoms with E-state index in [0.29, 0.717) is 0 Å². The van der Waals surface area contributed by atoms with Gasteiger partial charge in [-0.15, -0.1) is 22.7 Å². The average molecular weight is 926 g/mol. The number of fused-ring (bicyclic) bond motifs is 9. The van der Waals surface area contributed by atoms with Crippen molar-refractivity contribution in [1.29, 1.82) is 0 Å². The monoisotopic (exact) mass is 925 g/mol. The Balaban J connectivity index is 1.08.